The molecule has 9 aromatic carbocycles. The Morgan fingerprint density at radius 1 is 0.500 bits per heavy atom. The molecule has 0 N–H and O–H groups in total. The molecule has 0 saturated carbocycles. The summed E-state index contributed by atoms with van der Waals surface area (Å²) in [6.45, 7) is 24.0. The minimum atomic E-state index is -0.200. The molecule has 1 aromatic heterocycles. The second kappa shape index (κ2) is 16.1. The van der Waals surface area contributed by atoms with Crippen LogP contribution in [-0.4, -0.2) is 6.85 Å². The number of benzene rings is 9. The van der Waals surface area contributed by atoms with Crippen molar-refractivity contribution in [2.75, 3.05) is 9.71 Å². The van der Waals surface area contributed by atoms with Crippen LogP contribution >= 0.6 is 34.9 Å². The Bertz CT molecular complexity index is 4170. The van der Waals surface area contributed by atoms with Gasteiger partial charge in [-0.2, -0.15) is 0 Å². The topological polar surface area (TPSA) is 6.48 Å². The predicted molar refractivity (Wildman–Crippen MR) is 329 cm³/mol. The number of anilines is 5. The minimum absolute atomic E-state index is 0.0285. The maximum Gasteiger partial charge on any atom is 0.333 e. The quantitative estimate of drug-likeness (QED) is 0.163. The van der Waals surface area contributed by atoms with Gasteiger partial charge in [0.1, 0.15) is 0 Å². The third kappa shape index (κ3) is 6.56. The smallest absolute Gasteiger partial charge is 0.333 e. The molecule has 3 aliphatic heterocycles. The molecule has 76 heavy (non-hydrogen) atoms. The van der Waals surface area contributed by atoms with Crippen LogP contribution < -0.4 is 20.6 Å². The first-order valence-electron chi connectivity index (χ1n) is 27.3. The zero-order valence-electron chi connectivity index (χ0n) is 45.2. The lowest BCUT2D eigenvalue weighted by molar-refractivity contribution is 0.332. The van der Waals surface area contributed by atoms with E-state index in [2.05, 4.69) is 243 Å². The molecular weight excluding hydrogens is 976 g/mol. The van der Waals surface area contributed by atoms with Gasteiger partial charge >= 0.3 is 6.85 Å². The van der Waals surface area contributed by atoms with E-state index in [0.717, 1.165) is 6.42 Å². The molecule has 2 nitrogen and oxygen atoms in total. The largest absolute Gasteiger partial charge is 0.375 e. The van der Waals surface area contributed by atoms with E-state index in [1.54, 1.807) is 0 Å². The Labute approximate surface area is 461 Å². The summed E-state index contributed by atoms with van der Waals surface area (Å²) in [7, 11) is 0. The van der Waals surface area contributed by atoms with Gasteiger partial charge in [-0.25, -0.2) is 0 Å². The van der Waals surface area contributed by atoms with Crippen molar-refractivity contribution < 1.29 is 0 Å². The molecule has 6 heteroatoms. The lowest BCUT2D eigenvalue weighted by atomic mass is 9.43. The molecule has 0 atom stereocenters. The fourth-order valence-corrected chi connectivity index (χ4v) is 17.6. The molecule has 4 heterocycles. The van der Waals surface area contributed by atoms with Crippen LogP contribution in [0.4, 0.5) is 28.4 Å². The van der Waals surface area contributed by atoms with Crippen LogP contribution in [-0.2, 0) is 21.7 Å². The van der Waals surface area contributed by atoms with Gasteiger partial charge in [0.25, 0.3) is 0 Å². The van der Waals surface area contributed by atoms with Crippen molar-refractivity contribution in [2.45, 2.75) is 123 Å². The third-order valence-electron chi connectivity index (χ3n) is 18.2. The second-order valence-corrected chi connectivity index (χ2v) is 28.4. The summed E-state index contributed by atoms with van der Waals surface area (Å²) < 4.78 is 2.69. The maximum atomic E-state index is 2.86. The summed E-state index contributed by atoms with van der Waals surface area (Å²) in [5, 5.41) is 2.65. The van der Waals surface area contributed by atoms with E-state index in [0.29, 0.717) is 0 Å². The van der Waals surface area contributed by atoms with Crippen LogP contribution in [0, 0.1) is 6.92 Å². The van der Waals surface area contributed by atoms with Crippen molar-refractivity contribution in [1.82, 2.24) is 0 Å². The SMILES string of the molecule is Cc1cc2c(cc1N1c3cc4c(cc3B3c5c1cc1c(sc6ccccc61)c5-c1ccc5c(c1N3c1ccc(C(C)(C)C)cc1-c1ccccc1)-c1ccccc1C5(C)C)Sc1ccccc1S4)C(C)(C)CCC2(C)C. The normalized spacial score (nSPS) is 16.8. The fourth-order valence-electron chi connectivity index (χ4n) is 14.0. The molecule has 0 amide bonds. The lowest BCUT2D eigenvalue weighted by Gasteiger charge is -2.48. The molecule has 0 unspecified atom stereocenters. The fraction of sp³-hybridized carbons (Fsp3) is 0.229. The van der Waals surface area contributed by atoms with Crippen LogP contribution in [0.1, 0.15) is 109 Å². The second-order valence-electron chi connectivity index (χ2n) is 25.1. The summed E-state index contributed by atoms with van der Waals surface area (Å²) in [5.74, 6) is 0. The summed E-state index contributed by atoms with van der Waals surface area (Å²) in [5.41, 5.74) is 25.2. The highest BCUT2D eigenvalue weighted by Crippen LogP contribution is 2.61. The van der Waals surface area contributed by atoms with Crippen molar-refractivity contribution in [3.8, 4) is 33.4 Å². The molecule has 2 aliphatic carbocycles. The van der Waals surface area contributed by atoms with Crippen LogP contribution in [0.3, 0.4) is 0 Å². The van der Waals surface area contributed by atoms with E-state index in [-0.39, 0.29) is 28.5 Å². The van der Waals surface area contributed by atoms with Crippen LogP contribution in [0.15, 0.2) is 183 Å². The highest BCUT2D eigenvalue weighted by molar-refractivity contribution is 8.05. The van der Waals surface area contributed by atoms with E-state index in [9.17, 15) is 0 Å². The summed E-state index contributed by atoms with van der Waals surface area (Å²) in [6, 6.07) is 64.2. The number of nitrogens with zero attached hydrogens (tertiary/aromatic N) is 2. The lowest BCUT2D eigenvalue weighted by Crippen LogP contribution is -2.62. The van der Waals surface area contributed by atoms with Crippen LogP contribution in [0.5, 0.6) is 0 Å². The Kier molecular flexibility index (Phi) is 9.90. The number of hydrogen-bond acceptors (Lipinski definition) is 5. The molecule has 372 valence electrons. The first-order chi connectivity index (χ1) is 36.5. The van der Waals surface area contributed by atoms with Gasteiger partial charge in [-0.3, -0.25) is 0 Å². The van der Waals surface area contributed by atoms with E-state index >= 15 is 0 Å². The third-order valence-corrected chi connectivity index (χ3v) is 22.0. The minimum Gasteiger partial charge on any atom is -0.375 e. The van der Waals surface area contributed by atoms with Gasteiger partial charge in [0.05, 0.1) is 0 Å². The van der Waals surface area contributed by atoms with E-state index in [1.165, 1.54) is 152 Å². The maximum absolute atomic E-state index is 2.86. The molecular formula is C70H61BN2S3. The average Bonchev–Trinajstić information content (AvgIpc) is 4.06. The van der Waals surface area contributed by atoms with E-state index < -0.39 is 0 Å². The standard InChI is InChI=1S/C70H61BN2S3/c1-40-34-50-51(69(7,8)33-32-68(50,5)6)37-54(40)72-55-39-61-60(74-58-26-18-19-27-59(58)75-61)38-52(55)71-64-56(72)36-47-43-22-15-17-25-57(43)76-66(47)63(64)45-29-30-49-62(44-23-14-16-24-48(44)70(49,9)10)65(45)73(71)53-31-28-42(67(2,3)4)35-46(53)41-20-12-11-13-21-41/h11-31,34-39H,32-33H2,1-10H3. The molecule has 0 bridgehead atoms. The van der Waals surface area contributed by atoms with Gasteiger partial charge in [-0.15, -0.1) is 11.3 Å². The molecule has 15 rings (SSSR count). The van der Waals surface area contributed by atoms with Crippen molar-refractivity contribution in [3.63, 3.8) is 0 Å². The number of fused-ring (bicyclic) bond motifs is 15. The molecule has 0 radical (unpaired) electrons. The van der Waals surface area contributed by atoms with Gasteiger partial charge in [0.2, 0.25) is 0 Å². The van der Waals surface area contributed by atoms with Gasteiger partial charge in [0.15, 0.2) is 0 Å². The Hall–Kier alpha value is -6.44. The van der Waals surface area contributed by atoms with Crippen molar-refractivity contribution in [3.05, 3.63) is 197 Å². The van der Waals surface area contributed by atoms with Crippen LogP contribution in [0.25, 0.3) is 53.6 Å². The summed E-state index contributed by atoms with van der Waals surface area (Å²) >= 11 is 5.84. The number of hydrogen-bond donors (Lipinski definition) is 0. The Balaban J connectivity index is 1.14. The average molecular weight is 1040 g/mol. The van der Waals surface area contributed by atoms with E-state index in [4.69, 9.17) is 0 Å². The van der Waals surface area contributed by atoms with Gasteiger partial charge in [-0.05, 0) is 146 Å². The first kappa shape index (κ1) is 46.8. The molecule has 0 spiro atoms. The van der Waals surface area contributed by atoms with Crippen molar-refractivity contribution in [1.29, 1.82) is 0 Å². The van der Waals surface area contributed by atoms with Crippen LogP contribution in [0.2, 0.25) is 0 Å². The zero-order chi connectivity index (χ0) is 51.9. The number of rotatable bonds is 3. The summed E-state index contributed by atoms with van der Waals surface area (Å²) in [4.78, 5) is 10.9. The molecule has 0 saturated heterocycles. The van der Waals surface area contributed by atoms with Crippen molar-refractivity contribution >= 4 is 101 Å². The monoisotopic (exact) mass is 1040 g/mol. The highest BCUT2D eigenvalue weighted by atomic mass is 32.2. The Morgan fingerprint density at radius 2 is 1.17 bits per heavy atom. The number of thiophene rings is 1. The van der Waals surface area contributed by atoms with Gasteiger partial charge < -0.3 is 9.71 Å². The molecule has 0 fully saturated rings. The van der Waals surface area contributed by atoms with Crippen molar-refractivity contribution in [2.24, 2.45) is 0 Å². The highest BCUT2D eigenvalue weighted by Gasteiger charge is 2.51. The first-order valence-corrected chi connectivity index (χ1v) is 29.8. The molecule has 10 aromatic rings. The van der Waals surface area contributed by atoms with Gasteiger partial charge in [0, 0.05) is 95.9 Å². The van der Waals surface area contributed by atoms with E-state index in [1.807, 2.05) is 34.9 Å². The zero-order valence-corrected chi connectivity index (χ0v) is 47.6. The molecule has 5 aliphatic rings. The number of aryl methyl sites for hydroxylation is 1. The predicted octanol–water partition coefficient (Wildman–Crippen LogP) is 19.3. The Morgan fingerprint density at radius 3 is 1.92 bits per heavy atom. The summed E-state index contributed by atoms with van der Waals surface area (Å²) in [6.07, 6.45) is 2.34. The van der Waals surface area contributed by atoms with Gasteiger partial charge in [-0.1, -0.05) is 195 Å².